The Morgan fingerprint density at radius 1 is 1.11 bits per heavy atom. The molecule has 204 valence electrons. The van der Waals surface area contributed by atoms with Gasteiger partial charge >= 0.3 is 6.09 Å². The average Bonchev–Trinajstić information content (AvgIpc) is 2.83. The van der Waals surface area contributed by atoms with Crippen LogP contribution in [0.4, 0.5) is 9.18 Å². The highest BCUT2D eigenvalue weighted by molar-refractivity contribution is 6.53. The van der Waals surface area contributed by atoms with E-state index in [4.69, 9.17) is 27.9 Å². The molecule has 0 saturated heterocycles. The maximum atomic E-state index is 13.4. The number of alkyl halides is 3. The molecule has 37 heavy (non-hydrogen) atoms. The van der Waals surface area contributed by atoms with Gasteiger partial charge in [-0.05, 0) is 50.3 Å². The molecule has 2 N–H and O–H groups in total. The standard InChI is InChI=1S/C27H36Cl2FN3O4/c1-17(2)12-13-33(26(36)37-27(3,4)5)16-21-11-10-20(15-31-21)18-6-8-19(9-7-18)23(34)22(14-30)32-25(35)24(28)29/h6-11,15,17,22-24,34H,12-14,16H2,1-5H3,(H,32,35). The van der Waals surface area contributed by atoms with E-state index in [-0.39, 0.29) is 6.09 Å². The third-order valence-electron chi connectivity index (χ3n) is 5.46. The first-order chi connectivity index (χ1) is 17.3. The number of nitrogens with one attached hydrogen (secondary N) is 1. The van der Waals surface area contributed by atoms with Crippen LogP contribution in [0, 0.1) is 5.92 Å². The van der Waals surface area contributed by atoms with Gasteiger partial charge in [-0.15, -0.1) is 0 Å². The third-order valence-corrected chi connectivity index (χ3v) is 5.86. The molecular formula is C27H36Cl2FN3O4. The summed E-state index contributed by atoms with van der Waals surface area (Å²) in [4.78, 5) is 29.2. The molecule has 0 aliphatic carbocycles. The summed E-state index contributed by atoms with van der Waals surface area (Å²) in [6.45, 7) is 9.63. The van der Waals surface area contributed by atoms with Crippen LogP contribution in [0.15, 0.2) is 42.6 Å². The summed E-state index contributed by atoms with van der Waals surface area (Å²) in [5.41, 5.74) is 2.23. The van der Waals surface area contributed by atoms with E-state index in [2.05, 4.69) is 24.1 Å². The second kappa shape index (κ2) is 13.9. The summed E-state index contributed by atoms with van der Waals surface area (Å²) in [5.74, 6) is -0.335. The van der Waals surface area contributed by atoms with Crippen molar-refractivity contribution in [1.82, 2.24) is 15.2 Å². The Morgan fingerprint density at radius 2 is 1.73 bits per heavy atom. The first kappa shape index (κ1) is 30.8. The van der Waals surface area contributed by atoms with E-state index < -0.39 is 35.2 Å². The topological polar surface area (TPSA) is 91.8 Å². The van der Waals surface area contributed by atoms with Crippen molar-refractivity contribution in [2.24, 2.45) is 5.92 Å². The first-order valence-electron chi connectivity index (χ1n) is 12.2. The highest BCUT2D eigenvalue weighted by Gasteiger charge is 2.25. The molecule has 0 radical (unpaired) electrons. The van der Waals surface area contributed by atoms with Crippen molar-refractivity contribution in [2.75, 3.05) is 13.2 Å². The third kappa shape index (κ3) is 10.1. The van der Waals surface area contributed by atoms with E-state index >= 15 is 0 Å². The van der Waals surface area contributed by atoms with Crippen molar-refractivity contribution in [3.8, 4) is 11.1 Å². The highest BCUT2D eigenvalue weighted by atomic mass is 35.5. The maximum absolute atomic E-state index is 13.4. The molecule has 2 rings (SSSR count). The maximum Gasteiger partial charge on any atom is 0.410 e. The van der Waals surface area contributed by atoms with Crippen molar-refractivity contribution in [3.63, 3.8) is 0 Å². The number of hydrogen-bond donors (Lipinski definition) is 2. The average molecular weight is 557 g/mol. The summed E-state index contributed by atoms with van der Waals surface area (Å²) in [7, 11) is 0. The molecule has 1 heterocycles. The second-order valence-electron chi connectivity index (χ2n) is 10.3. The number of aliphatic hydroxyl groups is 1. The van der Waals surface area contributed by atoms with Crippen molar-refractivity contribution in [2.45, 2.75) is 70.2 Å². The number of carbonyl (C=O) groups is 2. The predicted octanol–water partition coefficient (Wildman–Crippen LogP) is 5.82. The Hall–Kier alpha value is -2.42. The largest absolute Gasteiger partial charge is 0.444 e. The smallest absolute Gasteiger partial charge is 0.410 e. The van der Waals surface area contributed by atoms with E-state index in [9.17, 15) is 19.1 Å². The number of rotatable bonds is 11. The minimum Gasteiger partial charge on any atom is -0.444 e. The van der Waals surface area contributed by atoms with Crippen molar-refractivity contribution in [3.05, 3.63) is 53.9 Å². The van der Waals surface area contributed by atoms with Gasteiger partial charge in [0.25, 0.3) is 5.91 Å². The Morgan fingerprint density at radius 3 is 2.22 bits per heavy atom. The monoisotopic (exact) mass is 555 g/mol. The number of pyridine rings is 1. The molecule has 2 unspecified atom stereocenters. The molecular weight excluding hydrogens is 520 g/mol. The molecule has 0 aliphatic heterocycles. The summed E-state index contributed by atoms with van der Waals surface area (Å²) in [6, 6.07) is 9.42. The molecule has 1 aromatic heterocycles. The van der Waals surface area contributed by atoms with Gasteiger partial charge in [-0.25, -0.2) is 9.18 Å². The molecule has 0 fully saturated rings. The van der Waals surface area contributed by atoms with Gasteiger partial charge < -0.3 is 20.1 Å². The van der Waals surface area contributed by atoms with Crippen LogP contribution in [0.3, 0.4) is 0 Å². The van der Waals surface area contributed by atoms with E-state index in [0.717, 1.165) is 23.2 Å². The molecule has 2 aromatic rings. The Kier molecular flexibility index (Phi) is 11.6. The molecule has 0 saturated carbocycles. The lowest BCUT2D eigenvalue weighted by molar-refractivity contribution is -0.121. The van der Waals surface area contributed by atoms with Gasteiger partial charge in [0.05, 0.1) is 18.3 Å². The Balaban J connectivity index is 2.11. The number of halogens is 3. The van der Waals surface area contributed by atoms with Crippen molar-refractivity contribution in [1.29, 1.82) is 0 Å². The molecule has 10 heteroatoms. The number of benzene rings is 1. The number of aromatic nitrogens is 1. The normalized spacial score (nSPS) is 13.4. The molecule has 0 bridgehead atoms. The van der Waals surface area contributed by atoms with Gasteiger partial charge in [0.2, 0.25) is 0 Å². The zero-order valence-corrected chi connectivity index (χ0v) is 23.4. The zero-order chi connectivity index (χ0) is 27.8. The van der Waals surface area contributed by atoms with Crippen LogP contribution in [0.5, 0.6) is 0 Å². The highest BCUT2D eigenvalue weighted by Crippen LogP contribution is 2.24. The molecule has 7 nitrogen and oxygen atoms in total. The second-order valence-corrected chi connectivity index (χ2v) is 11.4. The van der Waals surface area contributed by atoms with Gasteiger partial charge in [-0.2, -0.15) is 0 Å². The van der Waals surface area contributed by atoms with E-state index in [0.29, 0.717) is 24.6 Å². The number of aliphatic hydroxyl groups excluding tert-OH is 1. The number of nitrogens with zero attached hydrogens (tertiary/aromatic N) is 2. The van der Waals surface area contributed by atoms with Gasteiger partial charge in [0.15, 0.2) is 4.84 Å². The first-order valence-corrected chi connectivity index (χ1v) is 13.0. The van der Waals surface area contributed by atoms with Crippen molar-refractivity contribution < 1.29 is 23.8 Å². The van der Waals surface area contributed by atoms with E-state index in [1.54, 1.807) is 35.4 Å². The van der Waals surface area contributed by atoms with Crippen LogP contribution >= 0.6 is 23.2 Å². The summed E-state index contributed by atoms with van der Waals surface area (Å²) in [5, 5.41) is 12.8. The van der Waals surface area contributed by atoms with Crippen LogP contribution in [0.25, 0.3) is 11.1 Å². The minimum atomic E-state index is -1.36. The van der Waals surface area contributed by atoms with Crippen LogP contribution in [0.1, 0.15) is 58.4 Å². The number of ether oxygens (including phenoxy) is 1. The van der Waals surface area contributed by atoms with E-state index in [1.807, 2.05) is 32.9 Å². The lowest BCUT2D eigenvalue weighted by atomic mass is 9.99. The molecule has 2 amide bonds. The molecule has 2 atom stereocenters. The number of amides is 2. The number of carbonyl (C=O) groups excluding carboxylic acids is 2. The van der Waals surface area contributed by atoms with Crippen LogP contribution in [-0.4, -0.2) is 56.7 Å². The SMILES string of the molecule is CC(C)CCN(Cc1ccc(-c2ccc(C(O)C(CF)NC(=O)C(Cl)Cl)cc2)cn1)C(=O)OC(C)(C)C. The lowest BCUT2D eigenvalue weighted by Gasteiger charge is -2.27. The van der Waals surface area contributed by atoms with Gasteiger partial charge in [0.1, 0.15) is 18.4 Å². The Bertz CT molecular complexity index is 1010. The van der Waals surface area contributed by atoms with Crippen LogP contribution < -0.4 is 5.32 Å². The van der Waals surface area contributed by atoms with Gasteiger partial charge in [0, 0.05) is 18.3 Å². The minimum absolute atomic E-state index is 0.328. The zero-order valence-electron chi connectivity index (χ0n) is 21.9. The predicted molar refractivity (Wildman–Crippen MR) is 144 cm³/mol. The number of hydrogen-bond acceptors (Lipinski definition) is 5. The molecule has 1 aromatic carbocycles. The lowest BCUT2D eigenvalue weighted by Crippen LogP contribution is -2.43. The fraction of sp³-hybridized carbons (Fsp3) is 0.519. The van der Waals surface area contributed by atoms with Crippen LogP contribution in [0.2, 0.25) is 0 Å². The van der Waals surface area contributed by atoms with Crippen LogP contribution in [-0.2, 0) is 16.1 Å². The van der Waals surface area contributed by atoms with Gasteiger partial charge in [-0.1, -0.05) is 67.4 Å². The van der Waals surface area contributed by atoms with Gasteiger partial charge in [-0.3, -0.25) is 9.78 Å². The summed E-state index contributed by atoms with van der Waals surface area (Å²) in [6.07, 6.45) is 0.909. The van der Waals surface area contributed by atoms with Crippen molar-refractivity contribution >= 4 is 35.2 Å². The van der Waals surface area contributed by atoms with E-state index in [1.165, 1.54) is 0 Å². The summed E-state index contributed by atoms with van der Waals surface area (Å²) >= 11 is 11.0. The summed E-state index contributed by atoms with van der Waals surface area (Å²) < 4.78 is 19.0. The Labute approximate surface area is 228 Å². The fourth-order valence-electron chi connectivity index (χ4n) is 3.41. The quantitative estimate of drug-likeness (QED) is 0.340. The molecule has 0 aliphatic rings. The molecule has 0 spiro atoms. The fourth-order valence-corrected chi connectivity index (χ4v) is 3.54.